The van der Waals surface area contributed by atoms with E-state index in [2.05, 4.69) is 10.6 Å². The molecule has 2 atom stereocenters. The van der Waals surface area contributed by atoms with Gasteiger partial charge in [0.25, 0.3) is 0 Å². The summed E-state index contributed by atoms with van der Waals surface area (Å²) in [6.45, 7) is 4.78. The molecule has 1 fully saturated rings. The lowest BCUT2D eigenvalue weighted by Gasteiger charge is -2.24. The third-order valence-electron chi connectivity index (χ3n) is 2.66. The molecule has 16 heavy (non-hydrogen) atoms. The molecule has 0 aromatic heterocycles. The number of hydrogen-bond acceptors (Lipinski definition) is 4. The molecule has 2 N–H and O–H groups in total. The molecule has 0 aliphatic carbocycles. The molecule has 94 valence electrons. The van der Waals surface area contributed by atoms with Gasteiger partial charge in [0.05, 0.1) is 25.9 Å². The lowest BCUT2D eigenvalue weighted by Crippen LogP contribution is -2.46. The number of carbonyl (C=O) groups is 1. The first kappa shape index (κ1) is 13.4. The van der Waals surface area contributed by atoms with Crippen LogP contribution >= 0.6 is 0 Å². The molecule has 1 amide bonds. The maximum absolute atomic E-state index is 11.7. The van der Waals surface area contributed by atoms with E-state index in [1.165, 1.54) is 0 Å². The summed E-state index contributed by atoms with van der Waals surface area (Å²) >= 11 is 0. The van der Waals surface area contributed by atoms with Crippen LogP contribution in [0.1, 0.15) is 19.8 Å². The zero-order valence-electron chi connectivity index (χ0n) is 10.1. The number of amides is 1. The maximum Gasteiger partial charge on any atom is 0.221 e. The van der Waals surface area contributed by atoms with Crippen molar-refractivity contribution in [2.75, 3.05) is 33.5 Å². The lowest BCUT2D eigenvalue weighted by molar-refractivity contribution is -0.123. The van der Waals surface area contributed by atoms with E-state index in [-0.39, 0.29) is 18.0 Å². The van der Waals surface area contributed by atoms with Crippen molar-refractivity contribution in [1.29, 1.82) is 0 Å². The molecule has 0 aromatic rings. The summed E-state index contributed by atoms with van der Waals surface area (Å²) in [6, 6.07) is 0.260. The highest BCUT2D eigenvalue weighted by Gasteiger charge is 2.18. The summed E-state index contributed by atoms with van der Waals surface area (Å²) in [6.07, 6.45) is 1.36. The van der Waals surface area contributed by atoms with E-state index >= 15 is 0 Å². The second kappa shape index (κ2) is 7.60. The topological polar surface area (TPSA) is 59.6 Å². The fourth-order valence-corrected chi connectivity index (χ4v) is 1.72. The zero-order valence-corrected chi connectivity index (χ0v) is 10.1. The molecule has 1 aliphatic heterocycles. The Morgan fingerprint density at radius 3 is 3.06 bits per heavy atom. The van der Waals surface area contributed by atoms with Crippen LogP contribution in [0.25, 0.3) is 0 Å². The molecule has 0 radical (unpaired) electrons. The van der Waals surface area contributed by atoms with Crippen LogP contribution in [-0.4, -0.2) is 51.5 Å². The summed E-state index contributed by atoms with van der Waals surface area (Å²) in [4.78, 5) is 11.7. The quantitative estimate of drug-likeness (QED) is 0.669. The average Bonchev–Trinajstić information content (AvgIpc) is 2.29. The second-order valence-electron chi connectivity index (χ2n) is 4.06. The fourth-order valence-electron chi connectivity index (χ4n) is 1.72. The first-order valence-corrected chi connectivity index (χ1v) is 5.85. The molecule has 1 rings (SSSR count). The first-order chi connectivity index (χ1) is 7.76. The van der Waals surface area contributed by atoms with Gasteiger partial charge in [0.15, 0.2) is 0 Å². The largest absolute Gasteiger partial charge is 0.383 e. The summed E-state index contributed by atoms with van der Waals surface area (Å²) in [5.74, 6) is 0.0619. The highest BCUT2D eigenvalue weighted by molar-refractivity contribution is 5.76. The van der Waals surface area contributed by atoms with Crippen LogP contribution in [0.4, 0.5) is 0 Å². The minimum absolute atomic E-state index is 0.0619. The molecule has 0 spiro atoms. The van der Waals surface area contributed by atoms with Gasteiger partial charge < -0.3 is 20.1 Å². The van der Waals surface area contributed by atoms with E-state index in [1.807, 2.05) is 6.92 Å². The van der Waals surface area contributed by atoms with Crippen LogP contribution in [0.15, 0.2) is 0 Å². The van der Waals surface area contributed by atoms with Crippen LogP contribution in [0.2, 0.25) is 0 Å². The highest BCUT2D eigenvalue weighted by atomic mass is 16.5. The predicted molar refractivity (Wildman–Crippen MR) is 61.3 cm³/mol. The number of nitrogens with one attached hydrogen (secondary N) is 2. The molecule has 1 aliphatic rings. The standard InChI is InChI=1S/C11H22N2O3/c1-3-9(7-15-2)13-11(14)6-10-8-16-5-4-12-10/h9-10,12H,3-8H2,1-2H3,(H,13,14). The average molecular weight is 230 g/mol. The third kappa shape index (κ3) is 4.92. The molecule has 1 saturated heterocycles. The number of methoxy groups -OCH3 is 1. The van der Waals surface area contributed by atoms with Crippen molar-refractivity contribution in [2.24, 2.45) is 0 Å². The van der Waals surface area contributed by atoms with Gasteiger partial charge in [-0.25, -0.2) is 0 Å². The Morgan fingerprint density at radius 2 is 2.50 bits per heavy atom. The Bertz CT molecular complexity index is 197. The van der Waals surface area contributed by atoms with Gasteiger partial charge in [-0.15, -0.1) is 0 Å². The lowest BCUT2D eigenvalue weighted by atomic mass is 10.1. The number of rotatable bonds is 6. The van der Waals surface area contributed by atoms with Crippen LogP contribution < -0.4 is 10.6 Å². The molecule has 2 unspecified atom stereocenters. The highest BCUT2D eigenvalue weighted by Crippen LogP contribution is 2.00. The van der Waals surface area contributed by atoms with E-state index in [4.69, 9.17) is 9.47 Å². The molecule has 5 nitrogen and oxygen atoms in total. The number of carbonyl (C=O) groups excluding carboxylic acids is 1. The molecular weight excluding hydrogens is 208 g/mol. The Kier molecular flexibility index (Phi) is 6.37. The maximum atomic E-state index is 11.7. The van der Waals surface area contributed by atoms with Crippen LogP contribution in [0, 0.1) is 0 Å². The van der Waals surface area contributed by atoms with Gasteiger partial charge in [-0.2, -0.15) is 0 Å². The minimum atomic E-state index is 0.0619. The molecule has 5 heteroatoms. The second-order valence-corrected chi connectivity index (χ2v) is 4.06. The molecule has 0 bridgehead atoms. The predicted octanol–water partition coefficient (Wildman–Crippen LogP) is -0.0939. The summed E-state index contributed by atoms with van der Waals surface area (Å²) in [5.41, 5.74) is 0. The van der Waals surface area contributed by atoms with E-state index < -0.39 is 0 Å². The molecular formula is C11H22N2O3. The molecule has 0 aromatic carbocycles. The van der Waals surface area contributed by atoms with E-state index in [0.717, 1.165) is 19.6 Å². The van der Waals surface area contributed by atoms with Crippen molar-refractivity contribution in [1.82, 2.24) is 10.6 Å². The Hall–Kier alpha value is -0.650. The monoisotopic (exact) mass is 230 g/mol. The van der Waals surface area contributed by atoms with Crippen molar-refractivity contribution >= 4 is 5.91 Å². The molecule has 1 heterocycles. The van der Waals surface area contributed by atoms with Crippen molar-refractivity contribution in [3.05, 3.63) is 0 Å². The SMILES string of the molecule is CCC(COC)NC(=O)CC1COCCN1. The zero-order chi connectivity index (χ0) is 11.8. The van der Waals surface area contributed by atoms with E-state index in [0.29, 0.717) is 19.6 Å². The first-order valence-electron chi connectivity index (χ1n) is 5.85. The Morgan fingerprint density at radius 1 is 1.69 bits per heavy atom. The van der Waals surface area contributed by atoms with Crippen molar-refractivity contribution in [3.8, 4) is 0 Å². The third-order valence-corrected chi connectivity index (χ3v) is 2.66. The van der Waals surface area contributed by atoms with Crippen LogP contribution in [0.5, 0.6) is 0 Å². The Labute approximate surface area is 96.9 Å². The minimum Gasteiger partial charge on any atom is -0.383 e. The van der Waals surface area contributed by atoms with Crippen molar-refractivity contribution in [3.63, 3.8) is 0 Å². The smallest absolute Gasteiger partial charge is 0.221 e. The van der Waals surface area contributed by atoms with Crippen molar-refractivity contribution in [2.45, 2.75) is 31.8 Å². The van der Waals surface area contributed by atoms with E-state index in [1.54, 1.807) is 7.11 Å². The van der Waals surface area contributed by atoms with Gasteiger partial charge in [-0.1, -0.05) is 6.92 Å². The normalized spacial score (nSPS) is 22.8. The number of morpholine rings is 1. The Balaban J connectivity index is 2.22. The number of hydrogen-bond donors (Lipinski definition) is 2. The summed E-state index contributed by atoms with van der Waals surface area (Å²) in [7, 11) is 1.64. The van der Waals surface area contributed by atoms with Gasteiger partial charge >= 0.3 is 0 Å². The number of ether oxygens (including phenoxy) is 2. The van der Waals surface area contributed by atoms with Gasteiger partial charge in [0.1, 0.15) is 0 Å². The van der Waals surface area contributed by atoms with Gasteiger partial charge in [0.2, 0.25) is 5.91 Å². The fraction of sp³-hybridized carbons (Fsp3) is 0.909. The van der Waals surface area contributed by atoms with Crippen LogP contribution in [-0.2, 0) is 14.3 Å². The van der Waals surface area contributed by atoms with Gasteiger partial charge in [-0.05, 0) is 6.42 Å². The summed E-state index contributed by atoms with van der Waals surface area (Å²) < 4.78 is 10.3. The molecule has 0 saturated carbocycles. The van der Waals surface area contributed by atoms with Gasteiger partial charge in [0, 0.05) is 26.1 Å². The van der Waals surface area contributed by atoms with Crippen LogP contribution in [0.3, 0.4) is 0 Å². The van der Waals surface area contributed by atoms with Crippen molar-refractivity contribution < 1.29 is 14.3 Å². The summed E-state index contributed by atoms with van der Waals surface area (Å²) in [5, 5.41) is 6.21. The van der Waals surface area contributed by atoms with E-state index in [9.17, 15) is 4.79 Å². The van der Waals surface area contributed by atoms with Gasteiger partial charge in [-0.3, -0.25) is 4.79 Å².